The van der Waals surface area contributed by atoms with E-state index in [1.807, 2.05) is 97.1 Å². The van der Waals surface area contributed by atoms with Crippen molar-refractivity contribution < 1.29 is 23.6 Å². The van der Waals surface area contributed by atoms with E-state index in [-0.39, 0.29) is 35.5 Å². The number of ketones is 3. The van der Waals surface area contributed by atoms with Crippen molar-refractivity contribution in [2.24, 2.45) is 92.7 Å². The molecular weight excluding hydrogens is 1740 g/mol. The topological polar surface area (TPSA) is 197 Å². The van der Waals surface area contributed by atoms with Crippen LogP contribution in [-0.2, 0) is 64.6 Å². The fourth-order valence-electron chi connectivity index (χ4n) is 30.5. The lowest BCUT2D eigenvalue weighted by Crippen LogP contribution is -2.50. The van der Waals surface area contributed by atoms with Crippen molar-refractivity contribution >= 4 is 87.3 Å². The van der Waals surface area contributed by atoms with Crippen LogP contribution in [0.1, 0.15) is 215 Å². The first-order valence-corrected chi connectivity index (χ1v) is 53.5. The molecule has 16 fully saturated rings. The maximum atomic E-state index is 13.2. The van der Waals surface area contributed by atoms with Crippen molar-refractivity contribution in [3.63, 3.8) is 0 Å². The van der Waals surface area contributed by atoms with Crippen LogP contribution < -0.4 is 28.3 Å². The molecule has 0 aliphatic heterocycles. The monoisotopic (exact) mass is 1890 g/mol. The number of thiophene rings is 1. The quantitative estimate of drug-likeness (QED) is 0.0193. The minimum Gasteiger partial charge on any atom is -0.398 e. The number of benzene rings is 9. The summed E-state index contributed by atoms with van der Waals surface area (Å²) in [6, 6.07) is 72.1. The minimum absolute atomic E-state index is 0.0484. The first-order chi connectivity index (χ1) is 67.7. The molecule has 0 atom stereocenters. The minimum atomic E-state index is -0.386. The Morgan fingerprint density at radius 2 is 0.614 bits per heavy atom. The molecule has 16 aliphatic rings. The smallest absolute Gasteiger partial charge is 0.248 e. The molecule has 1 heterocycles. The third-order valence-corrected chi connectivity index (χ3v) is 35.2. The fraction of sp³-hybridized carbons (Fsp3) is 0.440. The van der Waals surface area contributed by atoms with E-state index in [0.29, 0.717) is 68.5 Å². The molecule has 0 spiro atoms. The Kier molecular flexibility index (Phi) is 30.4. The van der Waals surface area contributed by atoms with Gasteiger partial charge in [-0.05, 0) is 425 Å². The summed E-state index contributed by atoms with van der Waals surface area (Å²) in [4.78, 5) is 61.1. The van der Waals surface area contributed by atoms with Gasteiger partial charge in [0, 0.05) is 99.6 Å². The van der Waals surface area contributed by atoms with Crippen LogP contribution in [0.4, 0.5) is 32.8 Å². The normalized spacial score (nSPS) is 27.1. The van der Waals surface area contributed by atoms with E-state index in [9.17, 15) is 23.6 Å². The van der Waals surface area contributed by atoms with Crippen molar-refractivity contribution in [2.45, 2.75) is 200 Å². The Morgan fingerprint density at radius 3 is 0.921 bits per heavy atom. The lowest BCUT2D eigenvalue weighted by Gasteiger charge is -2.57. The molecule has 9 aromatic carbocycles. The number of halogens is 1. The number of nitrogen functional groups attached to an aromatic ring is 4. The van der Waals surface area contributed by atoms with Crippen LogP contribution in [0.3, 0.4) is 0 Å². The number of hydrogen-bond donors (Lipinski definition) is 5. The van der Waals surface area contributed by atoms with Gasteiger partial charge in [-0.3, -0.25) is 19.2 Å². The van der Waals surface area contributed by atoms with Gasteiger partial charge in [0.2, 0.25) is 5.91 Å². The van der Waals surface area contributed by atoms with E-state index >= 15 is 0 Å². The summed E-state index contributed by atoms with van der Waals surface area (Å²) in [5.74, 6) is 11.6. The number of anilines is 5. The van der Waals surface area contributed by atoms with Gasteiger partial charge >= 0.3 is 0 Å². The predicted octanol–water partition coefficient (Wildman–Crippen LogP) is 26.3. The van der Waals surface area contributed by atoms with Crippen LogP contribution in [0.5, 0.6) is 0 Å². The number of carbonyl (C=O) groups excluding carboxylic acids is 4. The SMILES string of the molecule is CN(Cc1ccc(/C=C/C(=O)Cc2ccc(-c3ccccc3)cc2N)cc1)CC12CC3CC(CC(C3)C1)C2.CN(Cc1ccc(/C=C/C(=O)Cc2ccc(-c3cccs3)cc2N)cc1)CC12CC3CC(CC(C3)C1)C2.CN(Cc1ccc(/C=C/C(=O)Cc2ccc(F)cc2N)cc1)CC12CC3CC(CC(C3)C1)C2.CN(Cc1ccc(/C=C/C(=O)Nc2ccccc2N)cc1)CC12CC3CC(CC(C3)C1)C2. The van der Waals surface area contributed by atoms with Crippen molar-refractivity contribution in [3.05, 3.63) is 315 Å². The Morgan fingerprint density at radius 1 is 0.321 bits per heavy atom. The van der Waals surface area contributed by atoms with Crippen molar-refractivity contribution in [1.29, 1.82) is 0 Å². The number of nitrogens with one attached hydrogen (secondary N) is 1. The first-order valence-electron chi connectivity index (χ1n) is 52.6. The number of hydrogen-bond acceptors (Lipinski definition) is 13. The third kappa shape index (κ3) is 25.4. The van der Waals surface area contributed by atoms with Gasteiger partial charge in [0.1, 0.15) is 5.82 Å². The molecule has 1 amide bonds. The van der Waals surface area contributed by atoms with Crippen LogP contribution >= 0.6 is 11.3 Å². The highest BCUT2D eigenvalue weighted by molar-refractivity contribution is 7.13. The Balaban J connectivity index is 0.000000119. The maximum absolute atomic E-state index is 13.2. The molecular formula is C125H148FN9O4S. The molecule has 1 aromatic heterocycles. The van der Waals surface area contributed by atoms with E-state index in [4.69, 9.17) is 22.9 Å². The van der Waals surface area contributed by atoms with Gasteiger partial charge in [-0.1, -0.05) is 194 Å². The van der Waals surface area contributed by atoms with Gasteiger partial charge < -0.3 is 47.9 Å². The van der Waals surface area contributed by atoms with Gasteiger partial charge in [-0.25, -0.2) is 4.39 Å². The molecule has 140 heavy (non-hydrogen) atoms. The van der Waals surface area contributed by atoms with Gasteiger partial charge in [-0.15, -0.1) is 11.3 Å². The van der Waals surface area contributed by atoms with Gasteiger partial charge in [0.25, 0.3) is 0 Å². The van der Waals surface area contributed by atoms with Crippen LogP contribution in [0, 0.1) is 98.5 Å². The third-order valence-electron chi connectivity index (χ3n) is 34.2. The first kappa shape index (κ1) is 97.9. The molecule has 16 bridgehead atoms. The second-order valence-electron chi connectivity index (χ2n) is 46.7. The lowest BCUT2D eigenvalue weighted by atomic mass is 9.49. The average molecular weight is 1890 g/mol. The lowest BCUT2D eigenvalue weighted by molar-refractivity contribution is -0.114. The molecule has 15 heteroatoms. The van der Waals surface area contributed by atoms with Gasteiger partial charge in [0.15, 0.2) is 17.3 Å². The summed E-state index contributed by atoms with van der Waals surface area (Å²) in [5.41, 5.74) is 44.6. The average Bonchev–Trinajstić information content (AvgIpc) is 1.48. The number of allylic oxidation sites excluding steroid dienone is 3. The molecule has 730 valence electrons. The van der Waals surface area contributed by atoms with E-state index in [1.165, 1.54) is 220 Å². The van der Waals surface area contributed by atoms with E-state index < -0.39 is 0 Å². The second kappa shape index (κ2) is 43.5. The number of para-hydroxylation sites is 2. The summed E-state index contributed by atoms with van der Waals surface area (Å²) < 4.78 is 13.2. The molecule has 26 rings (SSSR count). The summed E-state index contributed by atoms with van der Waals surface area (Å²) in [5, 5.41) is 4.88. The van der Waals surface area contributed by atoms with Crippen LogP contribution in [0.15, 0.2) is 248 Å². The highest BCUT2D eigenvalue weighted by atomic mass is 32.1. The molecule has 9 N–H and O–H groups in total. The number of nitrogens with zero attached hydrogens (tertiary/aromatic N) is 4. The predicted molar refractivity (Wildman–Crippen MR) is 577 cm³/mol. The van der Waals surface area contributed by atoms with E-state index in [0.717, 1.165) is 147 Å². The van der Waals surface area contributed by atoms with Crippen molar-refractivity contribution in [3.8, 4) is 21.6 Å². The summed E-state index contributed by atoms with van der Waals surface area (Å²) in [7, 11) is 9.14. The number of carbonyl (C=O) groups is 4. The molecule has 16 saturated carbocycles. The second-order valence-corrected chi connectivity index (χ2v) is 47.6. The van der Waals surface area contributed by atoms with Crippen LogP contribution in [0.25, 0.3) is 45.9 Å². The zero-order chi connectivity index (χ0) is 96.7. The van der Waals surface area contributed by atoms with Crippen molar-refractivity contribution in [2.75, 3.05) is 82.6 Å². The Labute approximate surface area is 836 Å². The van der Waals surface area contributed by atoms with E-state index in [2.05, 4.69) is 174 Å². The maximum Gasteiger partial charge on any atom is 0.248 e. The summed E-state index contributed by atoms with van der Waals surface area (Å²) in [6.07, 6.45) is 50.4. The van der Waals surface area contributed by atoms with Gasteiger partial charge in [-0.2, -0.15) is 0 Å². The highest BCUT2D eigenvalue weighted by Crippen LogP contribution is 2.64. The largest absolute Gasteiger partial charge is 0.398 e. The van der Waals surface area contributed by atoms with Gasteiger partial charge in [0.05, 0.1) is 11.4 Å². The molecule has 10 aromatic rings. The van der Waals surface area contributed by atoms with Crippen LogP contribution in [0.2, 0.25) is 0 Å². The molecule has 0 saturated heterocycles. The fourth-order valence-corrected chi connectivity index (χ4v) is 31.3. The van der Waals surface area contributed by atoms with Crippen LogP contribution in [-0.4, -0.2) is 97.2 Å². The summed E-state index contributed by atoms with van der Waals surface area (Å²) in [6.45, 7) is 8.87. The molecule has 0 radical (unpaired) electrons. The summed E-state index contributed by atoms with van der Waals surface area (Å²) >= 11 is 1.69. The standard InChI is InChI=1S/C35H40N2O.C33H38N2OS.C29H35FN2O.C28H35N3O/c1-37(24-35-20-27-15-28(21-35)17-29(16-27)22-35)23-26-9-7-25(8-10-26)11-14-33(38)18-32-13-12-31(19-34(32)36)30-5-3-2-4-6-30;1-35(22-33-18-25-13-26(19-33)15-27(14-25)20-33)21-24-6-4-23(5-7-24)8-11-30(36)16-28-9-10-29(17-31(28)34)32-3-2-12-37-32;1-32(19-29-15-22-10-23(16-29)12-24(11-22)17-29)18-21-4-2-20(3-5-21)6-9-27(33)13-25-7-8-26(30)14-28(25)31;1-31(19-28-15-22-12-23(16-28)14-24(13-22)17-28)18-21-8-6-20(7-9-21)10-11-27(32)30-26-5-3-2-4-25(26)29/h2-14,19,27-29H,15-18,20-24,36H2,1H3;2-12,17,25-27H,13-16,18-22,34H2,1H3;2-9,14,22-24H,10-13,15-19,31H2,1H3;2-11,22-24H,12-19,29H2,1H3,(H,30,32)/b14-11+;11-8+;9-6+;11-10+. The van der Waals surface area contributed by atoms with Crippen molar-refractivity contribution in [1.82, 2.24) is 19.6 Å². The number of amides is 1. The molecule has 0 unspecified atom stereocenters. The Hall–Kier alpha value is -10.9. The highest BCUT2D eigenvalue weighted by Gasteiger charge is 2.55. The zero-order valence-corrected chi connectivity index (χ0v) is 84.0. The zero-order valence-electron chi connectivity index (χ0n) is 83.2. The number of rotatable bonds is 33. The molecule has 16 aliphatic carbocycles. The number of nitrogens with two attached hydrogens (primary N) is 4. The Bertz CT molecular complexity index is 5950. The van der Waals surface area contributed by atoms with E-state index in [1.54, 1.807) is 53.8 Å². The molecule has 13 nitrogen and oxygen atoms in total.